The molecule has 2 rings (SSSR count). The Morgan fingerprint density at radius 3 is 3.05 bits per heavy atom. The van der Waals surface area contributed by atoms with Gasteiger partial charge in [0.2, 0.25) is 5.91 Å². The van der Waals surface area contributed by atoms with E-state index in [0.717, 1.165) is 38.2 Å². The maximum atomic E-state index is 13.5. The number of piperidine rings is 1. The van der Waals surface area contributed by atoms with Crippen LogP contribution in [0.4, 0.5) is 4.39 Å². The zero-order valence-corrected chi connectivity index (χ0v) is 12.6. The third-order valence-electron chi connectivity index (χ3n) is 3.41. The first-order valence-electron chi connectivity index (χ1n) is 7.02. The zero-order chi connectivity index (χ0) is 14.4. The van der Waals surface area contributed by atoms with E-state index < -0.39 is 0 Å². The van der Waals surface area contributed by atoms with Gasteiger partial charge in [-0.3, -0.25) is 4.79 Å². The van der Waals surface area contributed by atoms with Gasteiger partial charge in [-0.05, 0) is 31.5 Å². The van der Waals surface area contributed by atoms with Crippen LogP contribution in [-0.4, -0.2) is 42.2 Å². The molecule has 20 heavy (non-hydrogen) atoms. The molecule has 1 N–H and O–H groups in total. The summed E-state index contributed by atoms with van der Waals surface area (Å²) >= 11 is 1.55. The first-order valence-corrected chi connectivity index (χ1v) is 8.00. The molecular weight excluding hydrogens is 275 g/mol. The van der Waals surface area contributed by atoms with Crippen LogP contribution in [0.5, 0.6) is 0 Å². The molecule has 0 aliphatic carbocycles. The standard InChI is InChI=1S/C15H21FN2OS/c1-12(19)17-13-5-4-8-18(11-13)9-10-20-15-7-3-2-6-14(15)16/h2-3,6-7,13H,4-5,8-11H2,1H3,(H,17,19)/t13-/m0/s1. The van der Waals surface area contributed by atoms with Crippen LogP contribution < -0.4 is 5.32 Å². The van der Waals surface area contributed by atoms with Crippen LogP contribution in [0.3, 0.4) is 0 Å². The number of carbonyl (C=O) groups is 1. The molecule has 1 aromatic carbocycles. The number of nitrogens with zero attached hydrogens (tertiary/aromatic N) is 1. The summed E-state index contributed by atoms with van der Waals surface area (Å²) < 4.78 is 13.5. The second-order valence-corrected chi connectivity index (χ2v) is 6.26. The number of nitrogens with one attached hydrogen (secondary N) is 1. The Balaban J connectivity index is 1.74. The van der Waals surface area contributed by atoms with Gasteiger partial charge in [-0.1, -0.05) is 12.1 Å². The van der Waals surface area contributed by atoms with Gasteiger partial charge in [0.25, 0.3) is 0 Å². The molecule has 0 unspecified atom stereocenters. The molecule has 1 aromatic rings. The van der Waals surface area contributed by atoms with Crippen molar-refractivity contribution in [3.63, 3.8) is 0 Å². The molecule has 1 aliphatic rings. The molecule has 1 fully saturated rings. The Kier molecular flexibility index (Phi) is 5.86. The third-order valence-corrected chi connectivity index (χ3v) is 4.44. The number of thioether (sulfide) groups is 1. The highest BCUT2D eigenvalue weighted by Crippen LogP contribution is 2.21. The topological polar surface area (TPSA) is 32.3 Å². The number of likely N-dealkylation sites (tertiary alicyclic amines) is 1. The largest absolute Gasteiger partial charge is 0.352 e. The highest BCUT2D eigenvalue weighted by atomic mass is 32.2. The van der Waals surface area contributed by atoms with E-state index >= 15 is 0 Å². The maximum absolute atomic E-state index is 13.5. The second kappa shape index (κ2) is 7.64. The SMILES string of the molecule is CC(=O)N[C@H]1CCCN(CCSc2ccccc2F)C1. The van der Waals surface area contributed by atoms with E-state index in [1.807, 2.05) is 12.1 Å². The molecule has 1 saturated heterocycles. The van der Waals surface area contributed by atoms with E-state index in [2.05, 4.69) is 10.2 Å². The van der Waals surface area contributed by atoms with E-state index in [1.54, 1.807) is 24.8 Å². The van der Waals surface area contributed by atoms with Crippen LogP contribution in [0.2, 0.25) is 0 Å². The lowest BCUT2D eigenvalue weighted by atomic mass is 10.1. The van der Waals surface area contributed by atoms with Crippen molar-refractivity contribution >= 4 is 17.7 Å². The van der Waals surface area contributed by atoms with Crippen molar-refractivity contribution in [3.05, 3.63) is 30.1 Å². The number of benzene rings is 1. The smallest absolute Gasteiger partial charge is 0.217 e. The molecule has 0 bridgehead atoms. The zero-order valence-electron chi connectivity index (χ0n) is 11.8. The molecule has 1 aliphatic heterocycles. The van der Waals surface area contributed by atoms with Gasteiger partial charge < -0.3 is 10.2 Å². The van der Waals surface area contributed by atoms with E-state index in [-0.39, 0.29) is 17.8 Å². The molecule has 3 nitrogen and oxygen atoms in total. The van der Waals surface area contributed by atoms with Crippen molar-refractivity contribution in [3.8, 4) is 0 Å². The van der Waals surface area contributed by atoms with Crippen molar-refractivity contribution < 1.29 is 9.18 Å². The van der Waals surface area contributed by atoms with Crippen LogP contribution in [0, 0.1) is 5.82 Å². The van der Waals surface area contributed by atoms with Crippen LogP contribution in [0.25, 0.3) is 0 Å². The van der Waals surface area contributed by atoms with Gasteiger partial charge in [-0.15, -0.1) is 11.8 Å². The van der Waals surface area contributed by atoms with Crippen molar-refractivity contribution in [1.29, 1.82) is 0 Å². The Labute approximate surface area is 123 Å². The number of carbonyl (C=O) groups excluding carboxylic acids is 1. The van der Waals surface area contributed by atoms with Crippen molar-refractivity contribution in [2.75, 3.05) is 25.4 Å². The fourth-order valence-electron chi connectivity index (χ4n) is 2.51. The minimum atomic E-state index is -0.146. The van der Waals surface area contributed by atoms with Crippen LogP contribution >= 0.6 is 11.8 Å². The Bertz CT molecular complexity index is 455. The van der Waals surface area contributed by atoms with E-state index in [4.69, 9.17) is 0 Å². The summed E-state index contributed by atoms with van der Waals surface area (Å²) in [4.78, 5) is 14.1. The number of rotatable bonds is 5. The minimum absolute atomic E-state index is 0.0394. The summed E-state index contributed by atoms with van der Waals surface area (Å²) in [6, 6.07) is 7.15. The average Bonchev–Trinajstić information content (AvgIpc) is 2.41. The predicted octanol–water partition coefficient (Wildman–Crippen LogP) is 2.52. The van der Waals surface area contributed by atoms with E-state index in [9.17, 15) is 9.18 Å². The summed E-state index contributed by atoms with van der Waals surface area (Å²) in [5.41, 5.74) is 0. The first-order chi connectivity index (χ1) is 9.65. The molecular formula is C15H21FN2OS. The van der Waals surface area contributed by atoms with Gasteiger partial charge in [0.1, 0.15) is 5.82 Å². The fourth-order valence-corrected chi connectivity index (χ4v) is 3.46. The van der Waals surface area contributed by atoms with Crippen molar-refractivity contribution in [1.82, 2.24) is 10.2 Å². The Hall–Kier alpha value is -1.07. The molecule has 5 heteroatoms. The summed E-state index contributed by atoms with van der Waals surface area (Å²) in [5.74, 6) is 0.762. The molecule has 1 amide bonds. The lowest BCUT2D eigenvalue weighted by Gasteiger charge is -2.32. The van der Waals surface area contributed by atoms with Crippen LogP contribution in [0.1, 0.15) is 19.8 Å². The highest BCUT2D eigenvalue weighted by Gasteiger charge is 2.19. The molecule has 0 spiro atoms. The van der Waals surface area contributed by atoms with Crippen molar-refractivity contribution in [2.24, 2.45) is 0 Å². The molecule has 1 heterocycles. The van der Waals surface area contributed by atoms with Crippen LogP contribution in [-0.2, 0) is 4.79 Å². The average molecular weight is 296 g/mol. The number of hydrogen-bond donors (Lipinski definition) is 1. The van der Waals surface area contributed by atoms with Gasteiger partial charge in [0.15, 0.2) is 0 Å². The molecule has 110 valence electrons. The lowest BCUT2D eigenvalue weighted by Crippen LogP contribution is -2.47. The normalized spacial score (nSPS) is 19.8. The maximum Gasteiger partial charge on any atom is 0.217 e. The quantitative estimate of drug-likeness (QED) is 0.848. The monoisotopic (exact) mass is 296 g/mol. The molecule has 0 saturated carbocycles. The van der Waals surface area contributed by atoms with Gasteiger partial charge in [0.05, 0.1) is 0 Å². The summed E-state index contributed by atoms with van der Waals surface area (Å²) in [6.07, 6.45) is 2.16. The lowest BCUT2D eigenvalue weighted by molar-refractivity contribution is -0.120. The molecule has 0 aromatic heterocycles. The first kappa shape index (κ1) is 15.3. The van der Waals surface area contributed by atoms with Gasteiger partial charge in [0, 0.05) is 36.7 Å². The number of amides is 1. The number of halogens is 1. The molecule has 0 radical (unpaired) electrons. The summed E-state index contributed by atoms with van der Waals surface area (Å²) in [6.45, 7) is 4.45. The Morgan fingerprint density at radius 2 is 2.30 bits per heavy atom. The van der Waals surface area contributed by atoms with E-state index in [0.29, 0.717) is 4.90 Å². The Morgan fingerprint density at radius 1 is 1.50 bits per heavy atom. The summed E-state index contributed by atoms with van der Waals surface area (Å²) in [7, 11) is 0. The van der Waals surface area contributed by atoms with Gasteiger partial charge >= 0.3 is 0 Å². The van der Waals surface area contributed by atoms with Gasteiger partial charge in [-0.25, -0.2) is 4.39 Å². The molecule has 1 atom stereocenters. The predicted molar refractivity (Wildman–Crippen MR) is 80.4 cm³/mol. The second-order valence-electron chi connectivity index (χ2n) is 5.12. The van der Waals surface area contributed by atoms with E-state index in [1.165, 1.54) is 6.07 Å². The third kappa shape index (κ3) is 4.80. The van der Waals surface area contributed by atoms with Crippen molar-refractivity contribution in [2.45, 2.75) is 30.7 Å². The minimum Gasteiger partial charge on any atom is -0.352 e. The van der Waals surface area contributed by atoms with Crippen LogP contribution in [0.15, 0.2) is 29.2 Å². The van der Waals surface area contributed by atoms with Gasteiger partial charge in [-0.2, -0.15) is 0 Å². The summed E-state index contributed by atoms with van der Waals surface area (Å²) in [5, 5.41) is 2.98. The fraction of sp³-hybridized carbons (Fsp3) is 0.533. The number of hydrogen-bond acceptors (Lipinski definition) is 3. The highest BCUT2D eigenvalue weighted by molar-refractivity contribution is 7.99.